The molecule has 2 aliphatic heterocycles. The molecule has 3 unspecified atom stereocenters. The van der Waals surface area contributed by atoms with Crippen LogP contribution in [0.3, 0.4) is 0 Å². The van der Waals surface area contributed by atoms with Gasteiger partial charge in [-0.2, -0.15) is 0 Å². The fraction of sp³-hybridized carbons (Fsp3) is 0.333. The lowest BCUT2D eigenvalue weighted by Gasteiger charge is -2.46. The van der Waals surface area contributed by atoms with E-state index in [-0.39, 0.29) is 29.9 Å². The summed E-state index contributed by atoms with van der Waals surface area (Å²) in [5, 5.41) is 6.63. The maximum absolute atomic E-state index is 12.7. The number of rotatable bonds is 4. The maximum Gasteiger partial charge on any atom is 0.325 e. The van der Waals surface area contributed by atoms with Crippen molar-refractivity contribution in [3.05, 3.63) is 70.7 Å². The van der Waals surface area contributed by atoms with Crippen LogP contribution in [0.15, 0.2) is 54.6 Å². The lowest BCUT2D eigenvalue weighted by atomic mass is 9.77. The van der Waals surface area contributed by atoms with Crippen molar-refractivity contribution < 1.29 is 9.59 Å². The first-order valence-electron chi connectivity index (χ1n) is 9.28. The molecular formula is C21H22ClN3O2. The van der Waals surface area contributed by atoms with E-state index in [9.17, 15) is 9.59 Å². The third-order valence-corrected chi connectivity index (χ3v) is 5.75. The molecule has 2 heterocycles. The number of carbonyl (C=O) groups excluding carboxylic acids is 2. The van der Waals surface area contributed by atoms with E-state index in [4.69, 9.17) is 11.6 Å². The summed E-state index contributed by atoms with van der Waals surface area (Å²) in [6.07, 6.45) is 1.31. The highest BCUT2D eigenvalue weighted by Gasteiger charge is 2.47. The maximum atomic E-state index is 12.7. The smallest absolute Gasteiger partial charge is 0.308 e. The van der Waals surface area contributed by atoms with Crippen LogP contribution in [0.2, 0.25) is 5.02 Å². The molecule has 6 heteroatoms. The number of carbonyl (C=O) groups is 2. The van der Waals surface area contributed by atoms with Crippen LogP contribution >= 0.6 is 11.6 Å². The first-order chi connectivity index (χ1) is 13.1. The van der Waals surface area contributed by atoms with E-state index >= 15 is 0 Å². The van der Waals surface area contributed by atoms with Gasteiger partial charge in [-0.15, -0.1) is 0 Å². The van der Waals surface area contributed by atoms with Gasteiger partial charge in [0.05, 0.1) is 12.1 Å². The molecule has 0 spiro atoms. The number of piperidine rings is 1. The van der Waals surface area contributed by atoms with Gasteiger partial charge in [0.15, 0.2) is 0 Å². The number of hydrogen-bond acceptors (Lipinski definition) is 3. The molecule has 2 aliphatic rings. The van der Waals surface area contributed by atoms with Crippen LogP contribution < -0.4 is 10.6 Å². The van der Waals surface area contributed by atoms with Crippen LogP contribution in [0.4, 0.5) is 4.79 Å². The molecule has 2 N–H and O–H groups in total. The minimum atomic E-state index is -0.318. The van der Waals surface area contributed by atoms with Crippen molar-refractivity contribution in [1.29, 1.82) is 0 Å². The lowest BCUT2D eigenvalue weighted by Crippen LogP contribution is -2.68. The largest absolute Gasteiger partial charge is 0.325 e. The highest BCUT2D eigenvalue weighted by molar-refractivity contribution is 6.30. The first kappa shape index (κ1) is 18.0. The van der Waals surface area contributed by atoms with Crippen LogP contribution in [-0.4, -0.2) is 36.1 Å². The highest BCUT2D eigenvalue weighted by atomic mass is 35.5. The van der Waals surface area contributed by atoms with Gasteiger partial charge in [0.25, 0.3) is 0 Å². The average Bonchev–Trinajstić information content (AvgIpc) is 2.68. The third-order valence-electron chi connectivity index (χ3n) is 5.49. The number of fused-ring (bicyclic) bond motifs is 1. The van der Waals surface area contributed by atoms with Crippen molar-refractivity contribution in [2.24, 2.45) is 5.92 Å². The normalized spacial score (nSPS) is 25.1. The lowest BCUT2D eigenvalue weighted by molar-refractivity contribution is -0.131. The first-order valence-corrected chi connectivity index (χ1v) is 9.65. The molecule has 0 radical (unpaired) electrons. The zero-order chi connectivity index (χ0) is 18.8. The number of imide groups is 1. The molecule has 0 bridgehead atoms. The van der Waals surface area contributed by atoms with Gasteiger partial charge in [-0.3, -0.25) is 15.4 Å². The van der Waals surface area contributed by atoms with E-state index in [0.29, 0.717) is 11.6 Å². The van der Waals surface area contributed by atoms with E-state index in [0.717, 1.165) is 24.9 Å². The van der Waals surface area contributed by atoms with Gasteiger partial charge >= 0.3 is 6.03 Å². The second-order valence-electron chi connectivity index (χ2n) is 7.09. The Morgan fingerprint density at radius 3 is 2.52 bits per heavy atom. The standard InChI is InChI=1S/C21H22ClN3O2/c22-16-8-6-15(7-9-16)17-10-12-23-19-18(17)20(26)24-21(27)25(19)13-11-14-4-2-1-3-5-14/h1-9,17-19,23H,10-13H2,(H,24,26,27). The Kier molecular flexibility index (Phi) is 5.14. The number of nitrogens with zero attached hydrogens (tertiary/aromatic N) is 1. The molecular weight excluding hydrogens is 362 g/mol. The van der Waals surface area contributed by atoms with Gasteiger partial charge in [-0.1, -0.05) is 54.1 Å². The molecule has 0 saturated carbocycles. The number of nitrogens with one attached hydrogen (secondary N) is 2. The third kappa shape index (κ3) is 3.70. The second kappa shape index (κ2) is 7.71. The summed E-state index contributed by atoms with van der Waals surface area (Å²) >= 11 is 6.01. The van der Waals surface area contributed by atoms with Gasteiger partial charge in [-0.05, 0) is 42.6 Å². The summed E-state index contributed by atoms with van der Waals surface area (Å²) in [4.78, 5) is 27.0. The van der Waals surface area contributed by atoms with E-state index in [1.807, 2.05) is 42.5 Å². The zero-order valence-electron chi connectivity index (χ0n) is 14.9. The van der Waals surface area contributed by atoms with Gasteiger partial charge in [0.2, 0.25) is 5.91 Å². The Bertz CT molecular complexity index is 825. The van der Waals surface area contributed by atoms with Crippen molar-refractivity contribution in [1.82, 2.24) is 15.5 Å². The zero-order valence-corrected chi connectivity index (χ0v) is 15.7. The van der Waals surface area contributed by atoms with Crippen LogP contribution in [0.5, 0.6) is 0 Å². The second-order valence-corrected chi connectivity index (χ2v) is 7.53. The van der Waals surface area contributed by atoms with Crippen LogP contribution in [-0.2, 0) is 11.2 Å². The van der Waals surface area contributed by atoms with E-state index in [1.165, 1.54) is 5.56 Å². The molecule has 3 amide bonds. The molecule has 3 atom stereocenters. The van der Waals surface area contributed by atoms with Crippen molar-refractivity contribution >= 4 is 23.5 Å². The minimum Gasteiger partial charge on any atom is -0.308 e. The van der Waals surface area contributed by atoms with Crippen LogP contribution in [0, 0.1) is 5.92 Å². The summed E-state index contributed by atoms with van der Waals surface area (Å²) in [6, 6.07) is 17.4. The summed E-state index contributed by atoms with van der Waals surface area (Å²) in [5.41, 5.74) is 2.26. The van der Waals surface area contributed by atoms with Gasteiger partial charge in [-0.25, -0.2) is 4.79 Å². The molecule has 5 nitrogen and oxygen atoms in total. The topological polar surface area (TPSA) is 61.4 Å². The van der Waals surface area contributed by atoms with Gasteiger partial charge in [0, 0.05) is 17.5 Å². The number of urea groups is 1. The molecule has 2 aromatic carbocycles. The Morgan fingerprint density at radius 1 is 1.04 bits per heavy atom. The van der Waals surface area contributed by atoms with Crippen molar-refractivity contribution in [2.75, 3.05) is 13.1 Å². The van der Waals surface area contributed by atoms with Gasteiger partial charge < -0.3 is 4.90 Å². The van der Waals surface area contributed by atoms with Crippen LogP contribution in [0.25, 0.3) is 0 Å². The number of hydrogen-bond donors (Lipinski definition) is 2. The minimum absolute atomic E-state index is 0.0563. The monoisotopic (exact) mass is 383 g/mol. The highest BCUT2D eigenvalue weighted by Crippen LogP contribution is 2.36. The number of benzene rings is 2. The van der Waals surface area contributed by atoms with Gasteiger partial charge in [0.1, 0.15) is 0 Å². The Morgan fingerprint density at radius 2 is 1.78 bits per heavy atom. The molecule has 2 fully saturated rings. The molecule has 2 saturated heterocycles. The van der Waals surface area contributed by atoms with Crippen molar-refractivity contribution in [3.8, 4) is 0 Å². The average molecular weight is 384 g/mol. The fourth-order valence-corrected chi connectivity index (χ4v) is 4.28. The Labute approximate surface area is 163 Å². The van der Waals surface area contributed by atoms with E-state index in [1.54, 1.807) is 4.90 Å². The van der Waals surface area contributed by atoms with Crippen molar-refractivity contribution in [3.63, 3.8) is 0 Å². The molecule has 140 valence electrons. The van der Waals surface area contributed by atoms with Crippen LogP contribution in [0.1, 0.15) is 23.5 Å². The SMILES string of the molecule is O=C1NC(=O)N(CCc2ccccc2)C2NCCC(c3ccc(Cl)cc3)C12. The van der Waals surface area contributed by atoms with E-state index < -0.39 is 0 Å². The number of halogens is 1. The summed E-state index contributed by atoms with van der Waals surface area (Å²) in [6.45, 7) is 1.32. The quantitative estimate of drug-likeness (QED) is 0.852. The molecule has 0 aliphatic carbocycles. The molecule has 0 aromatic heterocycles. The fourth-order valence-electron chi connectivity index (χ4n) is 4.15. The van der Waals surface area contributed by atoms with Crippen molar-refractivity contribution in [2.45, 2.75) is 24.9 Å². The molecule has 2 aromatic rings. The predicted octanol–water partition coefficient (Wildman–Crippen LogP) is 3.15. The Balaban J connectivity index is 1.56. The summed E-state index contributed by atoms with van der Waals surface area (Å²) in [5.74, 6) is -0.456. The van der Waals surface area contributed by atoms with E-state index in [2.05, 4.69) is 22.8 Å². The summed E-state index contributed by atoms with van der Waals surface area (Å²) < 4.78 is 0. The molecule has 27 heavy (non-hydrogen) atoms. The Hall–Kier alpha value is -2.37. The predicted molar refractivity (Wildman–Crippen MR) is 104 cm³/mol. The number of amides is 3. The molecule has 4 rings (SSSR count). The summed E-state index contributed by atoms with van der Waals surface area (Å²) in [7, 11) is 0.